The highest BCUT2D eigenvalue weighted by molar-refractivity contribution is 7.89. The molecule has 2 saturated heterocycles. The van der Waals surface area contributed by atoms with E-state index in [1.165, 1.54) is 4.31 Å². The second-order valence-electron chi connectivity index (χ2n) is 7.36. The molecule has 130 valence electrons. The van der Waals surface area contributed by atoms with Gasteiger partial charge in [-0.15, -0.1) is 0 Å². The largest absolute Gasteiger partial charge is 0.338 e. The van der Waals surface area contributed by atoms with Gasteiger partial charge in [0.1, 0.15) is 5.54 Å². The van der Waals surface area contributed by atoms with E-state index in [0.29, 0.717) is 30.3 Å². The van der Waals surface area contributed by atoms with Crippen molar-refractivity contribution in [2.45, 2.75) is 61.9 Å². The van der Waals surface area contributed by atoms with Gasteiger partial charge < -0.3 is 4.90 Å². The van der Waals surface area contributed by atoms with Gasteiger partial charge in [0.2, 0.25) is 15.9 Å². The summed E-state index contributed by atoms with van der Waals surface area (Å²) in [5.41, 5.74) is 0.0718. The van der Waals surface area contributed by atoms with Crippen molar-refractivity contribution in [3.05, 3.63) is 29.8 Å². The van der Waals surface area contributed by atoms with Crippen LogP contribution in [-0.4, -0.2) is 48.2 Å². The molecule has 1 aliphatic carbocycles. The number of hydrogen-bond acceptors (Lipinski definition) is 3. The summed E-state index contributed by atoms with van der Waals surface area (Å²) >= 11 is 0. The minimum absolute atomic E-state index is 0.0463. The molecule has 1 spiro atoms. The van der Waals surface area contributed by atoms with Gasteiger partial charge in [0.15, 0.2) is 0 Å². The second kappa shape index (κ2) is 5.56. The smallest absolute Gasteiger partial charge is 0.244 e. The molecule has 2 aliphatic heterocycles. The number of carbonyl (C=O) groups excluding carboxylic acids is 1. The summed E-state index contributed by atoms with van der Waals surface area (Å²) < 4.78 is 28.0. The Bertz CT molecular complexity index is 772. The van der Waals surface area contributed by atoms with E-state index < -0.39 is 15.6 Å². The van der Waals surface area contributed by atoms with Crippen molar-refractivity contribution in [1.29, 1.82) is 0 Å². The van der Waals surface area contributed by atoms with Crippen LogP contribution in [0.4, 0.5) is 0 Å². The molecule has 4 rings (SSSR count). The number of aryl methyl sites for hydroxylation is 1. The SMILES string of the molecule is Cc1cccc(S(=O)(=O)N2CCCC23CCCN(C2CC2)C3=O)c1. The number of sulfonamides is 1. The zero-order valence-electron chi connectivity index (χ0n) is 14.1. The number of carbonyl (C=O) groups is 1. The molecule has 1 unspecified atom stereocenters. The first kappa shape index (κ1) is 16.1. The summed E-state index contributed by atoms with van der Waals surface area (Å²) in [5, 5.41) is 0. The second-order valence-corrected chi connectivity index (χ2v) is 9.22. The standard InChI is InChI=1S/C18H24N2O3S/c1-14-5-2-6-16(13-14)24(22,23)20-12-4-10-18(20)9-3-11-19(17(18)21)15-7-8-15/h2,5-6,13,15H,3-4,7-12H2,1H3. The Morgan fingerprint density at radius 2 is 1.83 bits per heavy atom. The molecular formula is C18H24N2O3S. The molecule has 0 bridgehead atoms. The molecular weight excluding hydrogens is 324 g/mol. The summed E-state index contributed by atoms with van der Waals surface area (Å²) in [5.74, 6) is 0.0463. The van der Waals surface area contributed by atoms with Crippen molar-refractivity contribution < 1.29 is 13.2 Å². The molecule has 1 amide bonds. The van der Waals surface area contributed by atoms with E-state index in [-0.39, 0.29) is 5.91 Å². The van der Waals surface area contributed by atoms with Crippen molar-refractivity contribution in [1.82, 2.24) is 9.21 Å². The van der Waals surface area contributed by atoms with E-state index in [9.17, 15) is 13.2 Å². The van der Waals surface area contributed by atoms with E-state index in [1.807, 2.05) is 17.9 Å². The molecule has 1 saturated carbocycles. The van der Waals surface area contributed by atoms with Crippen LogP contribution in [0.15, 0.2) is 29.2 Å². The highest BCUT2D eigenvalue weighted by atomic mass is 32.2. The minimum atomic E-state index is -3.65. The monoisotopic (exact) mass is 348 g/mol. The average Bonchev–Trinajstić information content (AvgIpc) is 3.30. The van der Waals surface area contributed by atoms with Crippen LogP contribution in [0.2, 0.25) is 0 Å². The zero-order valence-corrected chi connectivity index (χ0v) is 14.9. The summed E-state index contributed by atoms with van der Waals surface area (Å²) in [6.45, 7) is 3.11. The van der Waals surface area contributed by atoms with Crippen molar-refractivity contribution in [2.24, 2.45) is 0 Å². The van der Waals surface area contributed by atoms with Gasteiger partial charge in [0, 0.05) is 19.1 Å². The third-order valence-corrected chi connectivity index (χ3v) is 7.60. The molecule has 24 heavy (non-hydrogen) atoms. The maximum Gasteiger partial charge on any atom is 0.244 e. The Kier molecular flexibility index (Phi) is 3.73. The molecule has 3 aliphatic rings. The zero-order chi connectivity index (χ0) is 16.9. The predicted molar refractivity (Wildman–Crippen MR) is 91.0 cm³/mol. The van der Waals surface area contributed by atoms with Gasteiger partial charge >= 0.3 is 0 Å². The first-order valence-corrected chi connectivity index (χ1v) is 10.3. The van der Waals surface area contributed by atoms with Crippen LogP contribution >= 0.6 is 0 Å². The molecule has 5 nitrogen and oxygen atoms in total. The Morgan fingerprint density at radius 3 is 2.50 bits per heavy atom. The molecule has 0 radical (unpaired) electrons. The van der Waals surface area contributed by atoms with Crippen LogP contribution in [0.5, 0.6) is 0 Å². The number of nitrogens with zero attached hydrogens (tertiary/aromatic N) is 2. The molecule has 1 atom stereocenters. The molecule has 1 aromatic carbocycles. The highest BCUT2D eigenvalue weighted by Crippen LogP contribution is 2.44. The van der Waals surface area contributed by atoms with E-state index in [0.717, 1.165) is 37.8 Å². The summed E-state index contributed by atoms with van der Waals surface area (Å²) in [4.78, 5) is 15.5. The lowest BCUT2D eigenvalue weighted by Crippen LogP contribution is -2.61. The fourth-order valence-corrected chi connectivity index (χ4v) is 6.25. The van der Waals surface area contributed by atoms with Gasteiger partial charge in [-0.1, -0.05) is 12.1 Å². The third-order valence-electron chi connectivity index (χ3n) is 5.64. The van der Waals surface area contributed by atoms with Crippen LogP contribution in [0.3, 0.4) is 0 Å². The summed E-state index contributed by atoms with van der Waals surface area (Å²) in [6, 6.07) is 7.34. The van der Waals surface area contributed by atoms with E-state index in [1.54, 1.807) is 18.2 Å². The van der Waals surface area contributed by atoms with Gasteiger partial charge in [-0.2, -0.15) is 4.31 Å². The molecule has 1 aromatic rings. The van der Waals surface area contributed by atoms with Crippen LogP contribution in [0.25, 0.3) is 0 Å². The summed E-state index contributed by atoms with van der Waals surface area (Å²) in [7, 11) is -3.65. The summed E-state index contributed by atoms with van der Waals surface area (Å²) in [6.07, 6.45) is 5.08. The van der Waals surface area contributed by atoms with Gasteiger partial charge in [-0.25, -0.2) is 8.42 Å². The van der Waals surface area contributed by atoms with Gasteiger partial charge in [-0.3, -0.25) is 4.79 Å². The third kappa shape index (κ3) is 2.39. The first-order chi connectivity index (χ1) is 11.4. The topological polar surface area (TPSA) is 57.7 Å². The van der Waals surface area contributed by atoms with Gasteiger partial charge in [-0.05, 0) is 63.1 Å². The molecule has 0 N–H and O–H groups in total. The molecule has 2 heterocycles. The number of piperidine rings is 1. The number of hydrogen-bond donors (Lipinski definition) is 0. The first-order valence-electron chi connectivity index (χ1n) is 8.86. The maximum absolute atomic E-state index is 13.3. The van der Waals surface area contributed by atoms with E-state index in [4.69, 9.17) is 0 Å². The highest BCUT2D eigenvalue weighted by Gasteiger charge is 2.57. The van der Waals surface area contributed by atoms with Crippen LogP contribution in [0, 0.1) is 6.92 Å². The average molecular weight is 348 g/mol. The van der Waals surface area contributed by atoms with E-state index in [2.05, 4.69) is 0 Å². The molecule has 6 heteroatoms. The number of amides is 1. The number of rotatable bonds is 3. The van der Waals surface area contributed by atoms with Crippen molar-refractivity contribution in [2.75, 3.05) is 13.1 Å². The van der Waals surface area contributed by atoms with Gasteiger partial charge in [0.05, 0.1) is 4.90 Å². The Hall–Kier alpha value is -1.40. The Balaban J connectivity index is 1.73. The predicted octanol–water partition coefficient (Wildman–Crippen LogP) is 2.30. The van der Waals surface area contributed by atoms with Crippen molar-refractivity contribution in [3.63, 3.8) is 0 Å². The fraction of sp³-hybridized carbons (Fsp3) is 0.611. The Labute approximate surface area is 143 Å². The normalized spacial score (nSPS) is 28.7. The van der Waals surface area contributed by atoms with Crippen molar-refractivity contribution in [3.8, 4) is 0 Å². The van der Waals surface area contributed by atoms with Crippen LogP contribution in [0.1, 0.15) is 44.1 Å². The van der Waals surface area contributed by atoms with Crippen molar-refractivity contribution >= 4 is 15.9 Å². The van der Waals surface area contributed by atoms with Gasteiger partial charge in [0.25, 0.3) is 0 Å². The lowest BCUT2D eigenvalue weighted by molar-refractivity contribution is -0.145. The number of benzene rings is 1. The van der Waals surface area contributed by atoms with E-state index >= 15 is 0 Å². The molecule has 3 fully saturated rings. The Morgan fingerprint density at radius 1 is 1.12 bits per heavy atom. The maximum atomic E-state index is 13.3. The lowest BCUT2D eigenvalue weighted by Gasteiger charge is -2.44. The van der Waals surface area contributed by atoms with Crippen LogP contribution in [-0.2, 0) is 14.8 Å². The molecule has 0 aromatic heterocycles. The van der Waals surface area contributed by atoms with Crippen LogP contribution < -0.4 is 0 Å². The number of likely N-dealkylation sites (tertiary alicyclic amines) is 1. The fourth-order valence-electron chi connectivity index (χ4n) is 4.32. The lowest BCUT2D eigenvalue weighted by atomic mass is 9.86. The quantitative estimate of drug-likeness (QED) is 0.842. The minimum Gasteiger partial charge on any atom is -0.338 e.